The van der Waals surface area contributed by atoms with Gasteiger partial charge in [-0.3, -0.25) is 10.1 Å². The average molecular weight is 368 g/mol. The Morgan fingerprint density at radius 1 is 1.08 bits per heavy atom. The molecule has 1 heterocycles. The Labute approximate surface area is 138 Å². The number of benzene rings is 2. The first-order chi connectivity index (χ1) is 11.2. The van der Waals surface area contributed by atoms with E-state index in [-0.39, 0.29) is 4.90 Å². The fraction of sp³-hybridized carbons (Fsp3) is 0.143. The molecule has 1 aliphatic heterocycles. The molecule has 0 unspecified atom stereocenters. The zero-order valence-electron chi connectivity index (χ0n) is 12.1. The molecule has 0 amide bonds. The smallest absolute Gasteiger partial charge is 0.258 e. The van der Waals surface area contributed by atoms with E-state index in [0.29, 0.717) is 5.56 Å². The van der Waals surface area contributed by atoms with Crippen LogP contribution in [0.25, 0.3) is 0 Å². The average Bonchev–Trinajstić information content (AvgIpc) is 2.78. The van der Waals surface area contributed by atoms with E-state index in [1.165, 1.54) is 24.3 Å². The van der Waals surface area contributed by atoms with Gasteiger partial charge in [0.05, 0.1) is 21.6 Å². The molecule has 0 saturated heterocycles. The molecule has 0 spiro atoms. The van der Waals surface area contributed by atoms with E-state index in [2.05, 4.69) is 4.72 Å². The molecule has 24 heavy (non-hydrogen) atoms. The number of hydrogen-bond donors (Lipinski definition) is 1. The number of nitro benzene ring substituents is 1. The highest BCUT2D eigenvalue weighted by Crippen LogP contribution is 2.34. The summed E-state index contributed by atoms with van der Waals surface area (Å²) in [7, 11) is -7.86. The summed E-state index contributed by atoms with van der Waals surface area (Å²) in [4.78, 5) is 9.79. The number of para-hydroxylation sites is 1. The summed E-state index contributed by atoms with van der Waals surface area (Å²) >= 11 is 0. The van der Waals surface area contributed by atoms with Crippen molar-refractivity contribution in [2.75, 3.05) is 5.75 Å². The number of sulfone groups is 1. The molecule has 1 N–H and O–H groups in total. The standard InChI is InChI=1S/C14H12N2O6S2/c17-16(18)12-6-2-4-8-14(12)24(21,22)15-11-9-23(19,20)13-7-3-1-5-10(11)13/h1-8,11,15H,9H2/t11-/m0/s1. The summed E-state index contributed by atoms with van der Waals surface area (Å²) in [6.07, 6.45) is 0. The van der Waals surface area contributed by atoms with E-state index in [1.807, 2.05) is 0 Å². The maximum atomic E-state index is 12.5. The number of nitrogens with zero attached hydrogens (tertiary/aromatic N) is 1. The fourth-order valence-corrected chi connectivity index (χ4v) is 5.86. The van der Waals surface area contributed by atoms with Crippen LogP contribution in [0.5, 0.6) is 0 Å². The van der Waals surface area contributed by atoms with Crippen LogP contribution in [0, 0.1) is 10.1 Å². The number of rotatable bonds is 4. The molecule has 0 fully saturated rings. The lowest BCUT2D eigenvalue weighted by Crippen LogP contribution is -2.30. The van der Waals surface area contributed by atoms with Crippen molar-refractivity contribution in [1.82, 2.24) is 4.72 Å². The second-order valence-electron chi connectivity index (χ2n) is 5.22. The van der Waals surface area contributed by atoms with E-state index in [4.69, 9.17) is 0 Å². The molecule has 2 aromatic carbocycles. The Morgan fingerprint density at radius 3 is 2.42 bits per heavy atom. The van der Waals surface area contributed by atoms with Gasteiger partial charge in [0.15, 0.2) is 14.7 Å². The van der Waals surface area contributed by atoms with Gasteiger partial charge in [-0.2, -0.15) is 0 Å². The van der Waals surface area contributed by atoms with Crippen molar-refractivity contribution in [2.45, 2.75) is 15.8 Å². The van der Waals surface area contributed by atoms with E-state index < -0.39 is 47.2 Å². The number of nitrogens with one attached hydrogen (secondary N) is 1. The quantitative estimate of drug-likeness (QED) is 0.643. The Bertz CT molecular complexity index is 1030. The first kappa shape index (κ1) is 16.6. The van der Waals surface area contributed by atoms with Crippen molar-refractivity contribution in [3.05, 3.63) is 64.2 Å². The van der Waals surface area contributed by atoms with Crippen LogP contribution in [0.15, 0.2) is 58.3 Å². The van der Waals surface area contributed by atoms with Crippen LogP contribution >= 0.6 is 0 Å². The lowest BCUT2D eigenvalue weighted by atomic mass is 10.1. The van der Waals surface area contributed by atoms with Crippen molar-refractivity contribution < 1.29 is 21.8 Å². The highest BCUT2D eigenvalue weighted by Gasteiger charge is 2.38. The van der Waals surface area contributed by atoms with Crippen LogP contribution in [-0.2, 0) is 19.9 Å². The van der Waals surface area contributed by atoms with Gasteiger partial charge < -0.3 is 0 Å². The summed E-state index contributed by atoms with van der Waals surface area (Å²) < 4.78 is 51.6. The van der Waals surface area contributed by atoms with Crippen molar-refractivity contribution >= 4 is 25.5 Å². The van der Waals surface area contributed by atoms with Crippen LogP contribution in [0.4, 0.5) is 5.69 Å². The highest BCUT2D eigenvalue weighted by molar-refractivity contribution is 7.92. The highest BCUT2D eigenvalue weighted by atomic mass is 32.2. The molecule has 1 aliphatic rings. The largest absolute Gasteiger partial charge is 0.289 e. The maximum absolute atomic E-state index is 12.5. The van der Waals surface area contributed by atoms with Crippen LogP contribution in [-0.4, -0.2) is 27.5 Å². The van der Waals surface area contributed by atoms with Gasteiger partial charge in [0.1, 0.15) is 0 Å². The Hall–Kier alpha value is -2.30. The van der Waals surface area contributed by atoms with E-state index in [1.54, 1.807) is 12.1 Å². The van der Waals surface area contributed by atoms with E-state index in [9.17, 15) is 26.9 Å². The predicted molar refractivity (Wildman–Crippen MR) is 84.7 cm³/mol. The molecule has 10 heteroatoms. The van der Waals surface area contributed by atoms with Crippen molar-refractivity contribution in [3.8, 4) is 0 Å². The third-order valence-electron chi connectivity index (χ3n) is 3.66. The normalized spacial score (nSPS) is 18.9. The van der Waals surface area contributed by atoms with Gasteiger partial charge in [0, 0.05) is 6.07 Å². The Balaban J connectivity index is 2.02. The molecule has 0 aromatic heterocycles. The minimum Gasteiger partial charge on any atom is -0.258 e. The van der Waals surface area contributed by atoms with Crippen LogP contribution in [0.3, 0.4) is 0 Å². The van der Waals surface area contributed by atoms with Gasteiger partial charge in [-0.25, -0.2) is 21.6 Å². The van der Waals surface area contributed by atoms with E-state index >= 15 is 0 Å². The lowest BCUT2D eigenvalue weighted by molar-refractivity contribution is -0.387. The van der Waals surface area contributed by atoms with Gasteiger partial charge in [-0.05, 0) is 17.7 Å². The Kier molecular flexibility index (Phi) is 3.90. The molecular weight excluding hydrogens is 356 g/mol. The molecule has 0 radical (unpaired) electrons. The maximum Gasteiger partial charge on any atom is 0.289 e. The lowest BCUT2D eigenvalue weighted by Gasteiger charge is -2.13. The van der Waals surface area contributed by atoms with Gasteiger partial charge in [-0.15, -0.1) is 0 Å². The molecule has 0 aliphatic carbocycles. The molecule has 2 aromatic rings. The van der Waals surface area contributed by atoms with Crippen LogP contribution < -0.4 is 4.72 Å². The minimum atomic E-state index is -4.27. The van der Waals surface area contributed by atoms with Crippen LogP contribution in [0.2, 0.25) is 0 Å². The second-order valence-corrected chi connectivity index (χ2v) is 8.90. The first-order valence-electron chi connectivity index (χ1n) is 6.80. The third kappa shape index (κ3) is 2.79. The molecule has 0 saturated carbocycles. The second kappa shape index (κ2) is 5.65. The first-order valence-corrected chi connectivity index (χ1v) is 9.93. The van der Waals surface area contributed by atoms with Gasteiger partial charge >= 0.3 is 0 Å². The zero-order valence-corrected chi connectivity index (χ0v) is 13.7. The molecular formula is C14H12N2O6S2. The SMILES string of the molecule is O=[N+]([O-])c1ccccc1S(=O)(=O)N[C@H]1CS(=O)(=O)c2ccccc21. The summed E-state index contributed by atoms with van der Waals surface area (Å²) in [5.74, 6) is -0.424. The number of sulfonamides is 1. The molecule has 126 valence electrons. The predicted octanol–water partition coefficient (Wildman–Crippen LogP) is 1.40. The van der Waals surface area contributed by atoms with Gasteiger partial charge in [0.25, 0.3) is 5.69 Å². The summed E-state index contributed by atoms with van der Waals surface area (Å²) in [6.45, 7) is 0. The number of hydrogen-bond acceptors (Lipinski definition) is 6. The van der Waals surface area contributed by atoms with Crippen LogP contribution in [0.1, 0.15) is 11.6 Å². The van der Waals surface area contributed by atoms with Crippen molar-refractivity contribution in [3.63, 3.8) is 0 Å². The van der Waals surface area contributed by atoms with Crippen molar-refractivity contribution in [1.29, 1.82) is 0 Å². The molecule has 8 nitrogen and oxygen atoms in total. The topological polar surface area (TPSA) is 123 Å². The van der Waals surface area contributed by atoms with Gasteiger partial charge in [0.2, 0.25) is 10.0 Å². The minimum absolute atomic E-state index is 0.0697. The monoisotopic (exact) mass is 368 g/mol. The van der Waals surface area contributed by atoms with E-state index in [0.717, 1.165) is 12.1 Å². The zero-order chi connectivity index (χ0) is 17.5. The summed E-state index contributed by atoms with van der Waals surface area (Å²) in [6, 6.07) is 9.99. The summed E-state index contributed by atoms with van der Waals surface area (Å²) in [5.41, 5.74) is -0.237. The van der Waals surface area contributed by atoms with Crippen molar-refractivity contribution in [2.24, 2.45) is 0 Å². The number of nitro groups is 1. The fourth-order valence-electron chi connectivity index (χ4n) is 2.63. The summed E-state index contributed by atoms with van der Waals surface area (Å²) in [5, 5.41) is 11.0. The molecule has 1 atom stereocenters. The third-order valence-corrected chi connectivity index (χ3v) is 7.00. The molecule has 0 bridgehead atoms. The Morgan fingerprint density at radius 2 is 1.71 bits per heavy atom. The van der Waals surface area contributed by atoms with Gasteiger partial charge in [-0.1, -0.05) is 30.3 Å². The number of fused-ring (bicyclic) bond motifs is 1. The molecule has 3 rings (SSSR count).